The molecule has 1 N–H and O–H groups in total. The van der Waals surface area contributed by atoms with Gasteiger partial charge in [0.1, 0.15) is 18.3 Å². The standard InChI is InChI=1S/C26H37N3O5S/c1-7-23(25(31)27-26(3,4)5)28(18-20-12-10-9-11-13-20)24(30)19-29(35(6,32)33)21-14-16-22(17-15-21)34-8-2/h9-17,23H,7-8,18-19H2,1-6H3,(H,27,31)/t23-/m0/s1. The first kappa shape index (κ1) is 28.2. The van der Waals surface area contributed by atoms with Crippen molar-refractivity contribution in [2.45, 2.75) is 59.2 Å². The summed E-state index contributed by atoms with van der Waals surface area (Å²) in [6.45, 7) is 9.54. The number of rotatable bonds is 11. The second-order valence-electron chi connectivity index (χ2n) is 9.37. The third-order valence-electron chi connectivity index (χ3n) is 5.19. The van der Waals surface area contributed by atoms with Gasteiger partial charge in [0.25, 0.3) is 0 Å². The van der Waals surface area contributed by atoms with Crippen LogP contribution in [0.1, 0.15) is 46.6 Å². The number of amides is 2. The van der Waals surface area contributed by atoms with Crippen LogP contribution in [0.15, 0.2) is 54.6 Å². The van der Waals surface area contributed by atoms with Gasteiger partial charge in [-0.3, -0.25) is 13.9 Å². The Morgan fingerprint density at radius 3 is 2.09 bits per heavy atom. The second kappa shape index (κ2) is 12.1. The lowest BCUT2D eigenvalue weighted by atomic mass is 10.1. The molecule has 2 rings (SSSR count). The van der Waals surface area contributed by atoms with Gasteiger partial charge in [0.15, 0.2) is 0 Å². The molecule has 192 valence electrons. The molecular weight excluding hydrogens is 466 g/mol. The number of carbonyl (C=O) groups is 2. The minimum absolute atomic E-state index is 0.177. The van der Waals surface area contributed by atoms with Crippen LogP contribution in [0, 0.1) is 0 Å². The molecule has 0 aliphatic rings. The minimum Gasteiger partial charge on any atom is -0.494 e. The molecule has 35 heavy (non-hydrogen) atoms. The third-order valence-corrected chi connectivity index (χ3v) is 6.34. The van der Waals surface area contributed by atoms with Crippen molar-refractivity contribution in [3.05, 3.63) is 60.2 Å². The molecule has 0 aliphatic heterocycles. The van der Waals surface area contributed by atoms with Gasteiger partial charge in [0.05, 0.1) is 18.6 Å². The van der Waals surface area contributed by atoms with Crippen LogP contribution in [-0.4, -0.2) is 56.1 Å². The molecule has 0 heterocycles. The molecule has 2 amide bonds. The smallest absolute Gasteiger partial charge is 0.244 e. The Morgan fingerprint density at radius 1 is 1.00 bits per heavy atom. The Balaban J connectivity index is 2.41. The van der Waals surface area contributed by atoms with E-state index in [4.69, 9.17) is 4.74 Å². The highest BCUT2D eigenvalue weighted by Gasteiger charge is 2.33. The summed E-state index contributed by atoms with van der Waals surface area (Å²) in [5.41, 5.74) is 0.707. The average molecular weight is 504 g/mol. The number of anilines is 1. The van der Waals surface area contributed by atoms with Crippen molar-refractivity contribution in [2.24, 2.45) is 0 Å². The molecular formula is C26H37N3O5S. The second-order valence-corrected chi connectivity index (χ2v) is 11.3. The van der Waals surface area contributed by atoms with E-state index in [9.17, 15) is 18.0 Å². The number of benzene rings is 2. The van der Waals surface area contributed by atoms with E-state index in [1.807, 2.05) is 65.0 Å². The van der Waals surface area contributed by atoms with Crippen molar-refractivity contribution in [3.8, 4) is 5.75 Å². The largest absolute Gasteiger partial charge is 0.494 e. The van der Waals surface area contributed by atoms with Crippen molar-refractivity contribution < 1.29 is 22.7 Å². The van der Waals surface area contributed by atoms with E-state index in [1.54, 1.807) is 24.3 Å². The SMILES string of the molecule is CCOc1ccc(N(CC(=O)N(Cc2ccccc2)[C@@H](CC)C(=O)NC(C)(C)C)S(C)(=O)=O)cc1. The maximum Gasteiger partial charge on any atom is 0.244 e. The first-order valence-corrected chi connectivity index (χ1v) is 13.6. The van der Waals surface area contributed by atoms with E-state index < -0.39 is 34.1 Å². The summed E-state index contributed by atoms with van der Waals surface area (Å²) in [5.74, 6) is -0.146. The fourth-order valence-corrected chi connectivity index (χ4v) is 4.49. The number of sulfonamides is 1. The molecule has 0 bridgehead atoms. The molecule has 0 saturated heterocycles. The molecule has 0 unspecified atom stereocenters. The van der Waals surface area contributed by atoms with Crippen LogP contribution >= 0.6 is 0 Å². The number of carbonyl (C=O) groups excluding carboxylic acids is 2. The summed E-state index contributed by atoms with van der Waals surface area (Å²) >= 11 is 0. The molecule has 2 aromatic carbocycles. The van der Waals surface area contributed by atoms with Gasteiger partial charge in [-0.2, -0.15) is 0 Å². The third kappa shape index (κ3) is 8.58. The van der Waals surface area contributed by atoms with E-state index in [1.165, 1.54) is 4.90 Å². The molecule has 0 aromatic heterocycles. The van der Waals surface area contributed by atoms with Gasteiger partial charge < -0.3 is 15.0 Å². The zero-order valence-corrected chi connectivity index (χ0v) is 22.3. The van der Waals surface area contributed by atoms with Crippen LogP contribution in [0.2, 0.25) is 0 Å². The molecule has 0 aliphatic carbocycles. The lowest BCUT2D eigenvalue weighted by molar-refractivity contribution is -0.141. The predicted molar refractivity (Wildman–Crippen MR) is 139 cm³/mol. The minimum atomic E-state index is -3.78. The monoisotopic (exact) mass is 503 g/mol. The van der Waals surface area contributed by atoms with Crippen molar-refractivity contribution in [1.29, 1.82) is 0 Å². The van der Waals surface area contributed by atoms with E-state index in [0.29, 0.717) is 24.5 Å². The lowest BCUT2D eigenvalue weighted by Crippen LogP contribution is -2.55. The average Bonchev–Trinajstić information content (AvgIpc) is 2.77. The first-order chi connectivity index (χ1) is 16.4. The Kier molecular flexibility index (Phi) is 9.71. The lowest BCUT2D eigenvalue weighted by Gasteiger charge is -2.34. The molecule has 0 spiro atoms. The van der Waals surface area contributed by atoms with E-state index in [-0.39, 0.29) is 12.5 Å². The number of nitrogens with one attached hydrogen (secondary N) is 1. The summed E-state index contributed by atoms with van der Waals surface area (Å²) in [5, 5.41) is 2.95. The Labute approximate surface area is 209 Å². The molecule has 8 nitrogen and oxygen atoms in total. The van der Waals surface area contributed by atoms with Gasteiger partial charge >= 0.3 is 0 Å². The molecule has 2 aromatic rings. The topological polar surface area (TPSA) is 96.0 Å². The van der Waals surface area contributed by atoms with Crippen LogP contribution in [-0.2, 0) is 26.2 Å². The van der Waals surface area contributed by atoms with Gasteiger partial charge in [-0.25, -0.2) is 8.42 Å². The van der Waals surface area contributed by atoms with Crippen molar-refractivity contribution in [1.82, 2.24) is 10.2 Å². The van der Waals surface area contributed by atoms with Gasteiger partial charge in [0, 0.05) is 12.1 Å². The first-order valence-electron chi connectivity index (χ1n) is 11.7. The van der Waals surface area contributed by atoms with Crippen LogP contribution < -0.4 is 14.4 Å². The van der Waals surface area contributed by atoms with Gasteiger partial charge in [-0.05, 0) is 63.9 Å². The summed E-state index contributed by atoms with van der Waals surface area (Å²) < 4.78 is 31.8. The fraction of sp³-hybridized carbons (Fsp3) is 0.462. The van der Waals surface area contributed by atoms with Crippen LogP contribution in [0.25, 0.3) is 0 Å². The fourth-order valence-electron chi connectivity index (χ4n) is 3.64. The van der Waals surface area contributed by atoms with E-state index >= 15 is 0 Å². The molecule has 0 fully saturated rings. The molecule has 1 atom stereocenters. The van der Waals surface area contributed by atoms with Gasteiger partial charge in [0.2, 0.25) is 21.8 Å². The van der Waals surface area contributed by atoms with Gasteiger partial charge in [-0.15, -0.1) is 0 Å². The highest BCUT2D eigenvalue weighted by Crippen LogP contribution is 2.23. The van der Waals surface area contributed by atoms with Crippen LogP contribution in [0.5, 0.6) is 5.75 Å². The van der Waals surface area contributed by atoms with Crippen LogP contribution in [0.4, 0.5) is 5.69 Å². The number of ether oxygens (including phenoxy) is 1. The highest BCUT2D eigenvalue weighted by atomic mass is 32.2. The number of nitrogens with zero attached hydrogens (tertiary/aromatic N) is 2. The predicted octanol–water partition coefficient (Wildman–Crippen LogP) is 3.57. The quantitative estimate of drug-likeness (QED) is 0.506. The van der Waals surface area contributed by atoms with E-state index in [2.05, 4.69) is 5.32 Å². The molecule has 9 heteroatoms. The normalized spacial score (nSPS) is 12.5. The molecule has 0 saturated carbocycles. The Hall–Kier alpha value is -3.07. The van der Waals surface area contributed by atoms with Crippen molar-refractivity contribution >= 4 is 27.5 Å². The maximum absolute atomic E-state index is 13.6. The zero-order chi connectivity index (χ0) is 26.2. The summed E-state index contributed by atoms with van der Waals surface area (Å²) in [6, 6.07) is 15.1. The Bertz CT molecular complexity index is 1080. The summed E-state index contributed by atoms with van der Waals surface area (Å²) in [6.07, 6.45) is 1.43. The summed E-state index contributed by atoms with van der Waals surface area (Å²) in [4.78, 5) is 28.2. The number of hydrogen-bond acceptors (Lipinski definition) is 5. The zero-order valence-electron chi connectivity index (χ0n) is 21.4. The van der Waals surface area contributed by atoms with Crippen LogP contribution in [0.3, 0.4) is 0 Å². The summed E-state index contributed by atoms with van der Waals surface area (Å²) in [7, 11) is -3.78. The highest BCUT2D eigenvalue weighted by molar-refractivity contribution is 7.92. The molecule has 0 radical (unpaired) electrons. The van der Waals surface area contributed by atoms with Gasteiger partial charge in [-0.1, -0.05) is 37.3 Å². The number of hydrogen-bond donors (Lipinski definition) is 1. The van der Waals surface area contributed by atoms with Crippen molar-refractivity contribution in [3.63, 3.8) is 0 Å². The van der Waals surface area contributed by atoms with E-state index in [0.717, 1.165) is 16.1 Å². The maximum atomic E-state index is 13.6. The Morgan fingerprint density at radius 2 is 1.60 bits per heavy atom. The van der Waals surface area contributed by atoms with Crippen molar-refractivity contribution in [2.75, 3.05) is 23.7 Å².